The van der Waals surface area contributed by atoms with Gasteiger partial charge in [0.05, 0.1) is 0 Å². The topological polar surface area (TPSA) is 9.23 Å². The quantitative estimate of drug-likeness (QED) is 0.418. The van der Waals surface area contributed by atoms with E-state index in [4.69, 9.17) is 4.74 Å². The highest BCUT2D eigenvalue weighted by atomic mass is 16.5. The molecule has 0 spiro atoms. The number of hydrogen-bond donors (Lipinski definition) is 0. The molecular weight excluding hydrogens is 256 g/mol. The van der Waals surface area contributed by atoms with E-state index < -0.39 is 0 Å². The molecule has 0 aromatic heterocycles. The van der Waals surface area contributed by atoms with Gasteiger partial charge in [-0.25, -0.2) is 0 Å². The third-order valence-corrected chi connectivity index (χ3v) is 5.75. The lowest BCUT2D eigenvalue weighted by Gasteiger charge is -2.21. The summed E-state index contributed by atoms with van der Waals surface area (Å²) in [6, 6.07) is 0. The Morgan fingerprint density at radius 3 is 1.38 bits per heavy atom. The average Bonchev–Trinajstić information content (AvgIpc) is 2.55. The van der Waals surface area contributed by atoms with Crippen LogP contribution in [0.2, 0.25) is 0 Å². The van der Waals surface area contributed by atoms with E-state index in [1.54, 1.807) is 0 Å². The zero-order valence-electron chi connectivity index (χ0n) is 14.3. The molecule has 0 aliphatic heterocycles. The summed E-state index contributed by atoms with van der Waals surface area (Å²) in [4.78, 5) is 0. The summed E-state index contributed by atoms with van der Waals surface area (Å²) < 4.78 is 5.81. The number of hydrogen-bond acceptors (Lipinski definition) is 1. The molecule has 124 valence electrons. The second-order valence-electron chi connectivity index (χ2n) is 7.61. The highest BCUT2D eigenvalue weighted by Gasteiger charge is 2.13. The van der Waals surface area contributed by atoms with E-state index in [0.29, 0.717) is 0 Å². The van der Waals surface area contributed by atoms with Gasteiger partial charge in [-0.15, -0.1) is 0 Å². The van der Waals surface area contributed by atoms with Gasteiger partial charge in [0.2, 0.25) is 0 Å². The van der Waals surface area contributed by atoms with Gasteiger partial charge in [0.25, 0.3) is 0 Å². The second kappa shape index (κ2) is 11.5. The van der Waals surface area contributed by atoms with Gasteiger partial charge in [-0.1, -0.05) is 89.9 Å². The van der Waals surface area contributed by atoms with Crippen LogP contribution in [0, 0.1) is 11.8 Å². The molecule has 0 N–H and O–H groups in total. The number of ether oxygens (including phenoxy) is 1. The van der Waals surface area contributed by atoms with Gasteiger partial charge >= 0.3 is 0 Å². The van der Waals surface area contributed by atoms with Gasteiger partial charge in [0, 0.05) is 13.2 Å². The third-order valence-electron chi connectivity index (χ3n) is 5.75. The first-order valence-electron chi connectivity index (χ1n) is 10.0. The van der Waals surface area contributed by atoms with Crippen molar-refractivity contribution in [1.82, 2.24) is 0 Å². The van der Waals surface area contributed by atoms with Crippen LogP contribution >= 0.6 is 0 Å². The summed E-state index contributed by atoms with van der Waals surface area (Å²) >= 11 is 0. The summed E-state index contributed by atoms with van der Waals surface area (Å²) in [5.41, 5.74) is 0. The van der Waals surface area contributed by atoms with E-state index in [0.717, 1.165) is 25.0 Å². The maximum Gasteiger partial charge on any atom is 0.0466 e. The molecule has 2 rings (SSSR count). The molecule has 0 radical (unpaired) electrons. The van der Waals surface area contributed by atoms with Gasteiger partial charge in [-0.3, -0.25) is 0 Å². The van der Waals surface area contributed by atoms with Crippen molar-refractivity contribution in [3.05, 3.63) is 0 Å². The fraction of sp³-hybridized carbons (Fsp3) is 1.00. The highest BCUT2D eigenvalue weighted by molar-refractivity contribution is 4.66. The van der Waals surface area contributed by atoms with Crippen LogP contribution in [0.1, 0.15) is 103 Å². The number of rotatable bonds is 10. The molecule has 2 aliphatic rings. The normalized spacial score (nSPS) is 21.7. The van der Waals surface area contributed by atoms with Crippen LogP contribution in [-0.2, 0) is 4.74 Å². The summed E-state index contributed by atoms with van der Waals surface area (Å²) in [5.74, 6) is 2.10. The van der Waals surface area contributed by atoms with Gasteiger partial charge < -0.3 is 4.74 Å². The second-order valence-corrected chi connectivity index (χ2v) is 7.61. The van der Waals surface area contributed by atoms with E-state index in [9.17, 15) is 0 Å². The molecule has 0 amide bonds. The highest BCUT2D eigenvalue weighted by Crippen LogP contribution is 2.28. The predicted molar refractivity (Wildman–Crippen MR) is 91.7 cm³/mol. The van der Waals surface area contributed by atoms with Crippen LogP contribution < -0.4 is 0 Å². The smallest absolute Gasteiger partial charge is 0.0466 e. The Morgan fingerprint density at radius 2 is 0.952 bits per heavy atom. The minimum atomic E-state index is 1.01. The fourth-order valence-corrected chi connectivity index (χ4v) is 4.33. The molecule has 0 bridgehead atoms. The average molecular weight is 295 g/mol. The van der Waals surface area contributed by atoms with E-state index in [2.05, 4.69) is 0 Å². The molecule has 1 heteroatoms. The Labute approximate surface area is 133 Å². The first kappa shape index (κ1) is 17.3. The van der Waals surface area contributed by atoms with Crippen LogP contribution in [0.15, 0.2) is 0 Å². The fourth-order valence-electron chi connectivity index (χ4n) is 4.33. The van der Waals surface area contributed by atoms with Crippen molar-refractivity contribution in [3.8, 4) is 0 Å². The van der Waals surface area contributed by atoms with Crippen LogP contribution in [-0.4, -0.2) is 13.2 Å². The summed E-state index contributed by atoms with van der Waals surface area (Å²) in [5, 5.41) is 0. The van der Waals surface area contributed by atoms with Crippen molar-refractivity contribution in [2.24, 2.45) is 11.8 Å². The zero-order valence-corrected chi connectivity index (χ0v) is 14.3. The lowest BCUT2D eigenvalue weighted by atomic mass is 9.86. The first-order valence-corrected chi connectivity index (χ1v) is 10.0. The maximum atomic E-state index is 5.81. The van der Waals surface area contributed by atoms with Gasteiger partial charge in [-0.05, 0) is 24.7 Å². The van der Waals surface area contributed by atoms with Crippen molar-refractivity contribution in [2.75, 3.05) is 13.2 Å². The first-order chi connectivity index (χ1) is 10.4. The standard InChI is InChI=1S/C20H38O/c1-3-11-19(12-4-1)15-7-9-17-21-18-10-8-16-20-13-5-2-6-14-20/h19-20H,1-18H2. The van der Waals surface area contributed by atoms with Gasteiger partial charge in [-0.2, -0.15) is 0 Å². The Balaban J connectivity index is 1.30. The van der Waals surface area contributed by atoms with Crippen LogP contribution in [0.5, 0.6) is 0 Å². The molecular formula is C20H38O. The number of unbranched alkanes of at least 4 members (excludes halogenated alkanes) is 2. The molecule has 1 nitrogen and oxygen atoms in total. The summed E-state index contributed by atoms with van der Waals surface area (Å²) in [6.45, 7) is 2.02. The maximum absolute atomic E-state index is 5.81. The minimum Gasteiger partial charge on any atom is -0.381 e. The van der Waals surface area contributed by atoms with E-state index >= 15 is 0 Å². The molecule has 0 atom stereocenters. The van der Waals surface area contributed by atoms with E-state index in [1.807, 2.05) is 0 Å². The molecule has 0 saturated heterocycles. The lowest BCUT2D eigenvalue weighted by Crippen LogP contribution is -2.07. The monoisotopic (exact) mass is 294 g/mol. The lowest BCUT2D eigenvalue weighted by molar-refractivity contribution is 0.122. The minimum absolute atomic E-state index is 1.01. The molecule has 2 fully saturated rings. The SMILES string of the molecule is C1CCC(CCCCOCCCCC2CCCCC2)CC1. The molecule has 2 saturated carbocycles. The van der Waals surface area contributed by atoms with Crippen LogP contribution in [0.3, 0.4) is 0 Å². The van der Waals surface area contributed by atoms with Crippen LogP contribution in [0.25, 0.3) is 0 Å². The Kier molecular flexibility index (Phi) is 9.50. The Bertz CT molecular complexity index is 202. The van der Waals surface area contributed by atoms with Crippen molar-refractivity contribution < 1.29 is 4.74 Å². The molecule has 2 aliphatic carbocycles. The van der Waals surface area contributed by atoms with Crippen molar-refractivity contribution >= 4 is 0 Å². The summed E-state index contributed by atoms with van der Waals surface area (Å²) in [7, 11) is 0. The molecule has 21 heavy (non-hydrogen) atoms. The van der Waals surface area contributed by atoms with Crippen LogP contribution in [0.4, 0.5) is 0 Å². The van der Waals surface area contributed by atoms with Gasteiger partial charge in [0.1, 0.15) is 0 Å². The molecule has 0 aromatic carbocycles. The van der Waals surface area contributed by atoms with E-state index in [-0.39, 0.29) is 0 Å². The van der Waals surface area contributed by atoms with Gasteiger partial charge in [0.15, 0.2) is 0 Å². The van der Waals surface area contributed by atoms with Crippen molar-refractivity contribution in [1.29, 1.82) is 0 Å². The van der Waals surface area contributed by atoms with Crippen molar-refractivity contribution in [3.63, 3.8) is 0 Å². The van der Waals surface area contributed by atoms with E-state index in [1.165, 1.54) is 103 Å². The molecule has 0 unspecified atom stereocenters. The third kappa shape index (κ3) is 8.24. The zero-order chi connectivity index (χ0) is 14.6. The van der Waals surface area contributed by atoms with Crippen molar-refractivity contribution in [2.45, 2.75) is 103 Å². The Hall–Kier alpha value is -0.0400. The molecule has 0 heterocycles. The summed E-state index contributed by atoms with van der Waals surface area (Å²) in [6.07, 6.45) is 23.2. The Morgan fingerprint density at radius 1 is 0.524 bits per heavy atom. The molecule has 0 aromatic rings. The predicted octanol–water partition coefficient (Wildman–Crippen LogP) is 6.50. The largest absolute Gasteiger partial charge is 0.381 e.